The molecule has 0 unspecified atom stereocenters. The molecule has 1 heteroatoms. The van der Waals surface area contributed by atoms with Gasteiger partial charge >= 0.3 is 0 Å². The molecular formula is C59H59N. The van der Waals surface area contributed by atoms with Crippen LogP contribution in [0.1, 0.15) is 146 Å². The third kappa shape index (κ3) is 5.39. The van der Waals surface area contributed by atoms with Crippen molar-refractivity contribution in [3.8, 4) is 11.1 Å². The van der Waals surface area contributed by atoms with E-state index in [1.165, 1.54) is 100 Å². The molecule has 300 valence electrons. The first-order chi connectivity index (χ1) is 28.3. The zero-order valence-corrected chi connectivity index (χ0v) is 37.8. The van der Waals surface area contributed by atoms with E-state index < -0.39 is 0 Å². The van der Waals surface area contributed by atoms with E-state index in [2.05, 4.69) is 215 Å². The van der Waals surface area contributed by atoms with E-state index in [1.54, 1.807) is 0 Å². The summed E-state index contributed by atoms with van der Waals surface area (Å²) in [6, 6.07) is 39.2. The lowest BCUT2D eigenvalue weighted by Gasteiger charge is -2.35. The van der Waals surface area contributed by atoms with Crippen LogP contribution < -0.4 is 4.90 Å². The standard InChI is InChI=1S/C59H59N/c1-55(2,3)36-33-48(56(4,5)6)53-49(34-36)58(9,10)46-28-19-24-42(52(46)53)41-23-15-18-29-50(41)60(37-31-32-40-38-21-13-16-26-44(38)57(7,8)47(40)35-37)51-30-20-25-43-39-22-14-17-27-45(39)59(11,12)54(43)51/h13-18,20-23,25-30,33-35H,19,24H2,1-12H3. The Morgan fingerprint density at radius 3 is 1.85 bits per heavy atom. The Morgan fingerprint density at radius 2 is 1.15 bits per heavy atom. The molecule has 60 heavy (non-hydrogen) atoms. The van der Waals surface area contributed by atoms with Crippen molar-refractivity contribution in [1.82, 2.24) is 0 Å². The van der Waals surface area contributed by atoms with Gasteiger partial charge in [0.05, 0.1) is 17.1 Å². The quantitative estimate of drug-likeness (QED) is 0.164. The van der Waals surface area contributed by atoms with Crippen LogP contribution in [0.5, 0.6) is 0 Å². The zero-order valence-electron chi connectivity index (χ0n) is 37.8. The Morgan fingerprint density at radius 1 is 0.550 bits per heavy atom. The average Bonchev–Trinajstić information content (AvgIpc) is 3.70. The largest absolute Gasteiger partial charge is 0.302 e. The Labute approximate surface area is 359 Å². The molecule has 0 spiro atoms. The molecule has 0 N–H and O–H groups in total. The number of fused-ring (bicyclic) bond motifs is 9. The van der Waals surface area contributed by atoms with Crippen LogP contribution in [0.3, 0.4) is 0 Å². The molecule has 10 rings (SSSR count). The number of anilines is 2. The molecule has 0 amide bonds. The van der Waals surface area contributed by atoms with Crippen molar-refractivity contribution in [2.24, 2.45) is 0 Å². The first-order valence-corrected chi connectivity index (χ1v) is 22.2. The van der Waals surface area contributed by atoms with Gasteiger partial charge in [-0.2, -0.15) is 0 Å². The van der Waals surface area contributed by atoms with Crippen molar-refractivity contribution in [1.29, 1.82) is 0 Å². The molecule has 0 fully saturated rings. The van der Waals surface area contributed by atoms with Crippen LogP contribution in [0.15, 0.2) is 144 Å². The van der Waals surface area contributed by atoms with E-state index in [9.17, 15) is 0 Å². The molecule has 5 aromatic carbocycles. The molecule has 0 saturated carbocycles. The maximum Gasteiger partial charge on any atom is 0.0977 e. The van der Waals surface area contributed by atoms with Gasteiger partial charge in [-0.1, -0.05) is 186 Å². The molecule has 0 aliphatic heterocycles. The Kier molecular flexibility index (Phi) is 8.19. The summed E-state index contributed by atoms with van der Waals surface area (Å²) < 4.78 is 0. The summed E-state index contributed by atoms with van der Waals surface area (Å²) in [7, 11) is 0. The van der Waals surface area contributed by atoms with Gasteiger partial charge in [-0.3, -0.25) is 0 Å². The number of allylic oxidation sites excluding steroid dienone is 7. The Bertz CT molecular complexity index is 2920. The summed E-state index contributed by atoms with van der Waals surface area (Å²) in [5.41, 5.74) is 32.4. The fraction of sp³-hybridized carbons (Fsp3) is 0.322. The van der Waals surface area contributed by atoms with Crippen molar-refractivity contribution in [3.05, 3.63) is 194 Å². The van der Waals surface area contributed by atoms with Gasteiger partial charge in [-0.15, -0.1) is 0 Å². The molecule has 0 radical (unpaired) electrons. The maximum absolute atomic E-state index is 3.81. The molecule has 1 nitrogen and oxygen atoms in total. The van der Waals surface area contributed by atoms with Crippen LogP contribution in [0.2, 0.25) is 0 Å². The number of para-hydroxylation sites is 1. The van der Waals surface area contributed by atoms with Gasteiger partial charge < -0.3 is 4.90 Å². The number of nitrogens with zero attached hydrogens (tertiary/aromatic N) is 1. The van der Waals surface area contributed by atoms with Crippen molar-refractivity contribution < 1.29 is 0 Å². The fourth-order valence-corrected chi connectivity index (χ4v) is 11.4. The number of rotatable bonds is 4. The van der Waals surface area contributed by atoms with Crippen molar-refractivity contribution in [2.45, 2.75) is 123 Å². The number of hydrogen-bond donors (Lipinski definition) is 0. The van der Waals surface area contributed by atoms with Gasteiger partial charge in [-0.05, 0) is 126 Å². The third-order valence-corrected chi connectivity index (χ3v) is 14.6. The molecule has 5 aliphatic rings. The minimum atomic E-state index is -0.213. The predicted octanol–water partition coefficient (Wildman–Crippen LogP) is 15.6. The van der Waals surface area contributed by atoms with Gasteiger partial charge in [0, 0.05) is 27.4 Å². The van der Waals surface area contributed by atoms with Gasteiger partial charge in [0.2, 0.25) is 0 Å². The summed E-state index contributed by atoms with van der Waals surface area (Å²) in [6.45, 7) is 28.8. The van der Waals surface area contributed by atoms with Gasteiger partial charge in [0.1, 0.15) is 0 Å². The lowest BCUT2D eigenvalue weighted by molar-refractivity contribution is 0.561. The SMILES string of the molecule is CC(C)(C)c1cc(C(C)(C)C)c2c(c1)C(C)(C)C1=CCCC(c3ccccc3N(C3=C=C=C4C(=C3)C(C)(C)c3ccccc34)c3cccc4c3C(C)(C)c3ccccc3-4)=C12. The lowest BCUT2D eigenvalue weighted by atomic mass is 9.74. The first kappa shape index (κ1) is 38.6. The summed E-state index contributed by atoms with van der Waals surface area (Å²) in [5.74, 6) is 0. The third-order valence-electron chi connectivity index (χ3n) is 14.6. The van der Waals surface area contributed by atoms with Crippen molar-refractivity contribution in [3.63, 3.8) is 0 Å². The average molecular weight is 782 g/mol. The van der Waals surface area contributed by atoms with Crippen LogP contribution in [-0.2, 0) is 27.1 Å². The molecule has 0 bridgehead atoms. The van der Waals surface area contributed by atoms with E-state index in [1.807, 2.05) is 0 Å². The van der Waals surface area contributed by atoms with Crippen molar-refractivity contribution >= 4 is 28.1 Å². The van der Waals surface area contributed by atoms with E-state index in [-0.39, 0.29) is 27.1 Å². The summed E-state index contributed by atoms with van der Waals surface area (Å²) in [6.07, 6.45) is 7.00. The highest BCUT2D eigenvalue weighted by Crippen LogP contribution is 2.60. The summed E-state index contributed by atoms with van der Waals surface area (Å²) >= 11 is 0. The number of hydrogen-bond acceptors (Lipinski definition) is 1. The molecule has 5 aliphatic carbocycles. The monoisotopic (exact) mass is 781 g/mol. The zero-order chi connectivity index (χ0) is 42.3. The second kappa shape index (κ2) is 12.7. The van der Waals surface area contributed by atoms with Gasteiger partial charge in [0.25, 0.3) is 0 Å². The predicted molar refractivity (Wildman–Crippen MR) is 255 cm³/mol. The van der Waals surface area contributed by atoms with E-state index in [0.29, 0.717) is 0 Å². The van der Waals surface area contributed by atoms with Gasteiger partial charge in [-0.25, -0.2) is 0 Å². The molecular weight excluding hydrogens is 723 g/mol. The minimum absolute atomic E-state index is 0.0389. The number of benzene rings is 5. The smallest absolute Gasteiger partial charge is 0.0977 e. The summed E-state index contributed by atoms with van der Waals surface area (Å²) in [4.78, 5) is 2.55. The molecule has 0 heterocycles. The van der Waals surface area contributed by atoms with Crippen molar-refractivity contribution in [2.75, 3.05) is 4.90 Å². The van der Waals surface area contributed by atoms with E-state index >= 15 is 0 Å². The highest BCUT2D eigenvalue weighted by Gasteiger charge is 2.46. The maximum atomic E-state index is 3.81. The summed E-state index contributed by atoms with van der Waals surface area (Å²) in [5, 5.41) is 0. The lowest BCUT2D eigenvalue weighted by Crippen LogP contribution is -2.24. The van der Waals surface area contributed by atoms with Crippen LogP contribution in [0.25, 0.3) is 27.8 Å². The minimum Gasteiger partial charge on any atom is -0.302 e. The normalized spacial score (nSPS) is 18.7. The van der Waals surface area contributed by atoms with Crippen LogP contribution >= 0.6 is 0 Å². The van der Waals surface area contributed by atoms with Crippen LogP contribution in [-0.4, -0.2) is 0 Å². The van der Waals surface area contributed by atoms with E-state index in [4.69, 9.17) is 0 Å². The Balaban J connectivity index is 1.28. The van der Waals surface area contributed by atoms with Crippen LogP contribution in [0, 0.1) is 0 Å². The second-order valence-electron chi connectivity index (χ2n) is 21.5. The first-order valence-electron chi connectivity index (χ1n) is 22.2. The Hall–Kier alpha value is -5.58. The highest BCUT2D eigenvalue weighted by atomic mass is 15.2. The topological polar surface area (TPSA) is 3.24 Å². The van der Waals surface area contributed by atoms with E-state index in [0.717, 1.165) is 18.5 Å². The molecule has 0 aromatic heterocycles. The fourth-order valence-electron chi connectivity index (χ4n) is 11.4. The molecule has 0 saturated heterocycles. The van der Waals surface area contributed by atoms with Crippen LogP contribution in [0.4, 0.5) is 11.4 Å². The molecule has 0 atom stereocenters. The highest BCUT2D eigenvalue weighted by molar-refractivity contribution is 6.08. The second-order valence-corrected chi connectivity index (χ2v) is 21.5. The van der Waals surface area contributed by atoms with Gasteiger partial charge in [0.15, 0.2) is 0 Å². The molecule has 5 aromatic rings.